The second-order valence-electron chi connectivity index (χ2n) is 3.93. The monoisotopic (exact) mass is 281 g/mol. The van der Waals surface area contributed by atoms with E-state index in [1.54, 1.807) is 6.07 Å². The van der Waals surface area contributed by atoms with Crippen LogP contribution >= 0.6 is 11.8 Å². The van der Waals surface area contributed by atoms with E-state index >= 15 is 0 Å². The van der Waals surface area contributed by atoms with Gasteiger partial charge in [0.25, 0.3) is 5.69 Å². The summed E-state index contributed by atoms with van der Waals surface area (Å²) in [7, 11) is 0. The van der Waals surface area contributed by atoms with E-state index in [2.05, 4.69) is 0 Å². The summed E-state index contributed by atoms with van der Waals surface area (Å²) in [6.45, 7) is 1.93. The van der Waals surface area contributed by atoms with Crippen LogP contribution in [-0.4, -0.2) is 21.1 Å². The van der Waals surface area contributed by atoms with Crippen LogP contribution in [0.25, 0.3) is 0 Å². The minimum absolute atomic E-state index is 0.117. The predicted octanol–water partition coefficient (Wildman–Crippen LogP) is 2.57. The fourth-order valence-corrected chi connectivity index (χ4v) is 2.52. The number of nitro groups is 1. The number of benzene rings is 1. The van der Waals surface area contributed by atoms with Crippen LogP contribution in [0.15, 0.2) is 24.3 Å². The van der Waals surface area contributed by atoms with Crippen molar-refractivity contribution in [2.75, 3.05) is 0 Å². The third-order valence-electron chi connectivity index (χ3n) is 2.45. The van der Waals surface area contributed by atoms with Crippen LogP contribution in [0.5, 0.6) is 0 Å². The number of thioether (sulfide) groups is 1. The minimum atomic E-state index is -0.538. The second-order valence-corrected chi connectivity index (χ2v) is 5.18. The Labute approximate surface area is 115 Å². The highest BCUT2D eigenvalue weighted by molar-refractivity contribution is 8.14. The maximum Gasteiger partial charge on any atom is 0.270 e. The molecule has 6 nitrogen and oxygen atoms in total. The number of carbonyl (C=O) groups is 1. The van der Waals surface area contributed by atoms with E-state index in [9.17, 15) is 14.9 Å². The summed E-state index contributed by atoms with van der Waals surface area (Å²) in [5, 5.41) is 17.3. The zero-order chi connectivity index (χ0) is 14.4. The average Bonchev–Trinajstić information content (AvgIpc) is 2.37. The molecule has 0 aliphatic rings. The van der Waals surface area contributed by atoms with Crippen LogP contribution in [0.1, 0.15) is 30.1 Å². The van der Waals surface area contributed by atoms with Gasteiger partial charge in [-0.15, -0.1) is 0 Å². The first-order valence-electron chi connectivity index (χ1n) is 5.75. The Morgan fingerprint density at radius 3 is 2.79 bits per heavy atom. The van der Waals surface area contributed by atoms with Gasteiger partial charge >= 0.3 is 0 Å². The standard InChI is InChI=1S/C12H15N3O3S/c1-2-4-10(19-12(13)14)11(16)8-5-3-6-9(7-8)15(17)18/h3,5-7,10H,2,4H2,1H3,(H3,13,14). The maximum absolute atomic E-state index is 12.2. The molecular formula is C12H15N3O3S. The first-order valence-corrected chi connectivity index (χ1v) is 6.63. The molecule has 1 aromatic carbocycles. The van der Waals surface area contributed by atoms with Gasteiger partial charge in [-0.25, -0.2) is 0 Å². The van der Waals surface area contributed by atoms with Gasteiger partial charge in [-0.2, -0.15) is 0 Å². The number of hydrogen-bond acceptors (Lipinski definition) is 5. The van der Waals surface area contributed by atoms with Crippen LogP contribution < -0.4 is 5.73 Å². The Morgan fingerprint density at radius 1 is 1.58 bits per heavy atom. The van der Waals surface area contributed by atoms with Gasteiger partial charge in [0.1, 0.15) is 0 Å². The lowest BCUT2D eigenvalue weighted by molar-refractivity contribution is -0.384. The first-order chi connectivity index (χ1) is 8.95. The second kappa shape index (κ2) is 6.89. The van der Waals surface area contributed by atoms with Gasteiger partial charge in [-0.05, 0) is 6.42 Å². The molecule has 0 radical (unpaired) electrons. The van der Waals surface area contributed by atoms with Crippen molar-refractivity contribution in [3.05, 3.63) is 39.9 Å². The van der Waals surface area contributed by atoms with Crippen molar-refractivity contribution in [1.29, 1.82) is 5.41 Å². The molecule has 0 spiro atoms. The number of rotatable bonds is 6. The third kappa shape index (κ3) is 4.36. The first kappa shape index (κ1) is 15.2. The number of ketones is 1. The Bertz CT molecular complexity index is 505. The number of nitrogens with one attached hydrogen (secondary N) is 1. The zero-order valence-corrected chi connectivity index (χ0v) is 11.3. The number of non-ortho nitro benzene ring substituents is 1. The molecule has 0 aliphatic heterocycles. The van der Waals surface area contributed by atoms with Crippen LogP contribution in [0.2, 0.25) is 0 Å². The molecule has 0 heterocycles. The van der Waals surface area contributed by atoms with Crippen LogP contribution in [0.4, 0.5) is 5.69 Å². The molecule has 0 fully saturated rings. The number of nitro benzene ring substituents is 1. The molecule has 1 atom stereocenters. The molecule has 1 unspecified atom stereocenters. The van der Waals surface area contributed by atoms with E-state index < -0.39 is 10.2 Å². The smallest absolute Gasteiger partial charge is 0.270 e. The fraction of sp³-hybridized carbons (Fsp3) is 0.333. The molecule has 0 aliphatic carbocycles. The highest BCUT2D eigenvalue weighted by Gasteiger charge is 2.22. The maximum atomic E-state index is 12.2. The third-order valence-corrected chi connectivity index (χ3v) is 3.44. The quantitative estimate of drug-likeness (QED) is 0.274. The van der Waals surface area contributed by atoms with Crippen molar-refractivity contribution >= 4 is 28.4 Å². The molecule has 0 bridgehead atoms. The molecule has 1 aromatic rings. The summed E-state index contributed by atoms with van der Waals surface area (Å²) in [5.41, 5.74) is 5.47. The molecule has 3 N–H and O–H groups in total. The van der Waals surface area contributed by atoms with Gasteiger partial charge < -0.3 is 5.73 Å². The molecule has 0 amide bonds. The van der Waals surface area contributed by atoms with Gasteiger partial charge in [0.15, 0.2) is 11.0 Å². The number of hydrogen-bond donors (Lipinski definition) is 2. The number of nitrogens with two attached hydrogens (primary N) is 1. The van der Waals surface area contributed by atoms with Crippen molar-refractivity contribution in [2.24, 2.45) is 5.73 Å². The van der Waals surface area contributed by atoms with Crippen LogP contribution in [-0.2, 0) is 0 Å². The Hall–Kier alpha value is -1.89. The van der Waals surface area contributed by atoms with E-state index in [-0.39, 0.29) is 22.2 Å². The zero-order valence-electron chi connectivity index (χ0n) is 10.5. The molecule has 0 saturated heterocycles. The van der Waals surface area contributed by atoms with Crippen molar-refractivity contribution in [1.82, 2.24) is 0 Å². The predicted molar refractivity (Wildman–Crippen MR) is 75.6 cm³/mol. The van der Waals surface area contributed by atoms with Gasteiger partial charge in [-0.3, -0.25) is 20.3 Å². The lowest BCUT2D eigenvalue weighted by Crippen LogP contribution is -2.21. The molecule has 0 aromatic heterocycles. The van der Waals surface area contributed by atoms with E-state index in [1.165, 1.54) is 18.2 Å². The molecule has 7 heteroatoms. The van der Waals surface area contributed by atoms with Gasteiger partial charge in [0.2, 0.25) is 0 Å². The summed E-state index contributed by atoms with van der Waals surface area (Å²) in [4.78, 5) is 22.4. The number of carbonyl (C=O) groups excluding carboxylic acids is 1. The topological polar surface area (TPSA) is 110 Å². The average molecular weight is 281 g/mol. The van der Waals surface area contributed by atoms with E-state index in [0.29, 0.717) is 6.42 Å². The van der Waals surface area contributed by atoms with Gasteiger partial charge in [0, 0.05) is 17.7 Å². The molecular weight excluding hydrogens is 266 g/mol. The largest absolute Gasteiger partial charge is 0.379 e. The highest BCUT2D eigenvalue weighted by Crippen LogP contribution is 2.23. The Kier molecular flexibility index (Phi) is 5.50. The fourth-order valence-electron chi connectivity index (χ4n) is 1.62. The van der Waals surface area contributed by atoms with Crippen molar-refractivity contribution in [2.45, 2.75) is 25.0 Å². The normalized spacial score (nSPS) is 11.8. The van der Waals surface area contributed by atoms with Crippen molar-refractivity contribution in [3.63, 3.8) is 0 Å². The van der Waals surface area contributed by atoms with Crippen molar-refractivity contribution in [3.8, 4) is 0 Å². The summed E-state index contributed by atoms with van der Waals surface area (Å²) in [5.74, 6) is -0.231. The highest BCUT2D eigenvalue weighted by atomic mass is 32.2. The summed E-state index contributed by atoms with van der Waals surface area (Å²) < 4.78 is 0. The molecule has 19 heavy (non-hydrogen) atoms. The molecule has 1 rings (SSSR count). The van der Waals surface area contributed by atoms with Crippen LogP contribution in [0.3, 0.4) is 0 Å². The summed E-state index contributed by atoms with van der Waals surface area (Å²) >= 11 is 0.983. The summed E-state index contributed by atoms with van der Waals surface area (Å²) in [6.07, 6.45) is 1.34. The lowest BCUT2D eigenvalue weighted by Gasteiger charge is -2.13. The lowest BCUT2D eigenvalue weighted by atomic mass is 10.0. The minimum Gasteiger partial charge on any atom is -0.379 e. The SMILES string of the molecule is CCCC(SC(=N)N)C(=O)c1cccc([N+](=O)[O-])c1. The van der Waals surface area contributed by atoms with E-state index in [1.807, 2.05) is 6.92 Å². The summed E-state index contributed by atoms with van der Waals surface area (Å²) in [6, 6.07) is 5.61. The number of nitrogens with zero attached hydrogens (tertiary/aromatic N) is 1. The van der Waals surface area contributed by atoms with Gasteiger partial charge in [-0.1, -0.05) is 37.2 Å². The Balaban J connectivity index is 2.98. The van der Waals surface area contributed by atoms with Crippen LogP contribution in [0, 0.1) is 15.5 Å². The van der Waals surface area contributed by atoms with E-state index in [4.69, 9.17) is 11.1 Å². The molecule has 0 saturated carbocycles. The van der Waals surface area contributed by atoms with E-state index in [0.717, 1.165) is 18.2 Å². The van der Waals surface area contributed by atoms with Crippen molar-refractivity contribution < 1.29 is 9.72 Å². The number of amidine groups is 1. The number of Topliss-reactive ketones (excluding diaryl/α,β-unsaturated/α-hetero) is 1. The Morgan fingerprint density at radius 2 is 2.26 bits per heavy atom. The van der Waals surface area contributed by atoms with Gasteiger partial charge in [0.05, 0.1) is 10.2 Å². The molecule has 102 valence electrons.